The summed E-state index contributed by atoms with van der Waals surface area (Å²) in [6.45, 7) is 12.3. The molecule has 1 nitrogen and oxygen atoms in total. The summed E-state index contributed by atoms with van der Waals surface area (Å²) in [5, 5.41) is 3.60. The first-order valence-corrected chi connectivity index (χ1v) is 8.28. The van der Waals surface area contributed by atoms with E-state index in [9.17, 15) is 4.39 Å². The Morgan fingerprint density at radius 3 is 2.43 bits per heavy atom. The maximum absolute atomic E-state index is 13.9. The maximum Gasteiger partial charge on any atom is 0.126 e. The van der Waals surface area contributed by atoms with E-state index >= 15 is 0 Å². The van der Waals surface area contributed by atoms with Crippen LogP contribution in [0, 0.1) is 17.2 Å². The van der Waals surface area contributed by atoms with Gasteiger partial charge >= 0.3 is 0 Å². The van der Waals surface area contributed by atoms with Gasteiger partial charge in [0.05, 0.1) is 0 Å². The number of rotatable bonds is 8. The highest BCUT2D eigenvalue weighted by atomic mass is 19.1. The largest absolute Gasteiger partial charge is 0.314 e. The molecule has 0 saturated carbocycles. The molecular formula is C19H32FN. The summed E-state index contributed by atoms with van der Waals surface area (Å²) in [7, 11) is 0. The van der Waals surface area contributed by atoms with Gasteiger partial charge in [0, 0.05) is 6.04 Å². The van der Waals surface area contributed by atoms with E-state index in [1.54, 1.807) is 12.1 Å². The van der Waals surface area contributed by atoms with Gasteiger partial charge in [-0.25, -0.2) is 4.39 Å². The van der Waals surface area contributed by atoms with Crippen molar-refractivity contribution in [3.05, 3.63) is 35.6 Å². The van der Waals surface area contributed by atoms with Crippen LogP contribution in [-0.4, -0.2) is 12.6 Å². The second-order valence-electron chi connectivity index (χ2n) is 7.55. The first kappa shape index (κ1) is 18.2. The lowest BCUT2D eigenvalue weighted by Gasteiger charge is -2.27. The van der Waals surface area contributed by atoms with Gasteiger partial charge in [0.1, 0.15) is 5.82 Å². The van der Waals surface area contributed by atoms with Crippen LogP contribution in [0.15, 0.2) is 24.3 Å². The molecule has 21 heavy (non-hydrogen) atoms. The Labute approximate surface area is 130 Å². The Bertz CT molecular complexity index is 408. The SMILES string of the molecule is CCCNC(Cc1ccccc1F)CC(C)CC(C)(C)C. The molecule has 0 fully saturated rings. The Kier molecular flexibility index (Phi) is 7.37. The van der Waals surface area contributed by atoms with E-state index in [1.165, 1.54) is 6.42 Å². The lowest BCUT2D eigenvalue weighted by atomic mass is 9.82. The number of benzene rings is 1. The summed E-state index contributed by atoms with van der Waals surface area (Å²) in [6.07, 6.45) is 4.20. The zero-order valence-electron chi connectivity index (χ0n) is 14.4. The molecule has 0 radical (unpaired) electrons. The number of hydrogen-bond acceptors (Lipinski definition) is 1. The molecule has 0 aliphatic carbocycles. The lowest BCUT2D eigenvalue weighted by molar-refractivity contribution is 0.273. The summed E-state index contributed by atoms with van der Waals surface area (Å²) < 4.78 is 13.9. The molecule has 2 unspecified atom stereocenters. The van der Waals surface area contributed by atoms with Gasteiger partial charge in [-0.15, -0.1) is 0 Å². The van der Waals surface area contributed by atoms with Gasteiger partial charge in [-0.3, -0.25) is 0 Å². The minimum absolute atomic E-state index is 0.0794. The van der Waals surface area contributed by atoms with Crippen molar-refractivity contribution in [3.63, 3.8) is 0 Å². The maximum atomic E-state index is 13.9. The van der Waals surface area contributed by atoms with Crippen LogP contribution in [0.5, 0.6) is 0 Å². The summed E-state index contributed by atoms with van der Waals surface area (Å²) in [4.78, 5) is 0. The molecule has 120 valence electrons. The molecule has 1 aromatic rings. The van der Waals surface area contributed by atoms with Gasteiger partial charge in [-0.05, 0) is 55.2 Å². The summed E-state index contributed by atoms with van der Waals surface area (Å²) in [5.41, 5.74) is 1.18. The number of halogens is 1. The van der Waals surface area contributed by atoms with E-state index in [4.69, 9.17) is 0 Å². The normalized spacial score (nSPS) is 15.0. The standard InChI is InChI=1S/C19H32FN/c1-6-11-21-17(12-15(2)14-19(3,4)5)13-16-9-7-8-10-18(16)20/h7-10,15,17,21H,6,11-14H2,1-5H3. The minimum Gasteiger partial charge on any atom is -0.314 e. The zero-order valence-corrected chi connectivity index (χ0v) is 14.4. The fraction of sp³-hybridized carbons (Fsp3) is 0.684. The van der Waals surface area contributed by atoms with Crippen molar-refractivity contribution in [2.24, 2.45) is 11.3 Å². The van der Waals surface area contributed by atoms with E-state index in [0.29, 0.717) is 17.4 Å². The van der Waals surface area contributed by atoms with Gasteiger partial charge in [-0.2, -0.15) is 0 Å². The van der Waals surface area contributed by atoms with Crippen molar-refractivity contribution >= 4 is 0 Å². The molecule has 2 atom stereocenters. The topological polar surface area (TPSA) is 12.0 Å². The van der Waals surface area contributed by atoms with E-state index in [1.807, 2.05) is 12.1 Å². The summed E-state index contributed by atoms with van der Waals surface area (Å²) in [5.74, 6) is 0.565. The van der Waals surface area contributed by atoms with Crippen molar-refractivity contribution in [2.75, 3.05) is 6.54 Å². The van der Waals surface area contributed by atoms with Crippen LogP contribution in [0.1, 0.15) is 59.4 Å². The highest BCUT2D eigenvalue weighted by molar-refractivity contribution is 5.18. The van der Waals surface area contributed by atoms with Crippen molar-refractivity contribution in [2.45, 2.75) is 66.3 Å². The third kappa shape index (κ3) is 7.61. The van der Waals surface area contributed by atoms with E-state index in [2.05, 4.69) is 39.9 Å². The molecular weight excluding hydrogens is 261 g/mol. The quantitative estimate of drug-likeness (QED) is 0.694. The van der Waals surface area contributed by atoms with Crippen LogP contribution in [0.2, 0.25) is 0 Å². The highest BCUT2D eigenvalue weighted by Crippen LogP contribution is 2.27. The minimum atomic E-state index is -0.0794. The van der Waals surface area contributed by atoms with Gasteiger partial charge in [0.2, 0.25) is 0 Å². The van der Waals surface area contributed by atoms with E-state index in [-0.39, 0.29) is 5.82 Å². The van der Waals surface area contributed by atoms with E-state index < -0.39 is 0 Å². The predicted molar refractivity (Wildman–Crippen MR) is 90.0 cm³/mol. The second kappa shape index (κ2) is 8.53. The fourth-order valence-electron chi connectivity index (χ4n) is 3.13. The van der Waals surface area contributed by atoms with Gasteiger partial charge in [-0.1, -0.05) is 52.8 Å². The average molecular weight is 293 g/mol. The molecule has 1 rings (SSSR count). The molecule has 1 aromatic carbocycles. The number of hydrogen-bond donors (Lipinski definition) is 1. The first-order valence-electron chi connectivity index (χ1n) is 8.28. The van der Waals surface area contributed by atoms with Crippen molar-refractivity contribution in [1.82, 2.24) is 5.32 Å². The van der Waals surface area contributed by atoms with E-state index in [0.717, 1.165) is 31.4 Å². The van der Waals surface area contributed by atoms with Crippen LogP contribution in [0.25, 0.3) is 0 Å². The van der Waals surface area contributed by atoms with Crippen molar-refractivity contribution in [1.29, 1.82) is 0 Å². The fourth-order valence-corrected chi connectivity index (χ4v) is 3.13. The first-order chi connectivity index (χ1) is 9.81. The lowest BCUT2D eigenvalue weighted by Crippen LogP contribution is -2.34. The summed E-state index contributed by atoms with van der Waals surface area (Å²) >= 11 is 0. The van der Waals surface area contributed by atoms with Crippen molar-refractivity contribution < 1.29 is 4.39 Å². The molecule has 0 bridgehead atoms. The Morgan fingerprint density at radius 2 is 1.86 bits per heavy atom. The Balaban J connectivity index is 2.65. The van der Waals surface area contributed by atoms with Gasteiger partial charge in [0.15, 0.2) is 0 Å². The molecule has 0 aliphatic rings. The average Bonchev–Trinajstić information content (AvgIpc) is 2.36. The monoisotopic (exact) mass is 293 g/mol. The Morgan fingerprint density at radius 1 is 1.19 bits per heavy atom. The molecule has 1 N–H and O–H groups in total. The number of nitrogens with one attached hydrogen (secondary N) is 1. The second-order valence-corrected chi connectivity index (χ2v) is 7.55. The molecule has 0 spiro atoms. The molecule has 2 heteroatoms. The van der Waals surface area contributed by atoms with Crippen LogP contribution in [-0.2, 0) is 6.42 Å². The van der Waals surface area contributed by atoms with Gasteiger partial charge in [0.25, 0.3) is 0 Å². The van der Waals surface area contributed by atoms with Crippen molar-refractivity contribution in [3.8, 4) is 0 Å². The highest BCUT2D eigenvalue weighted by Gasteiger charge is 2.19. The van der Waals surface area contributed by atoms with Crippen LogP contribution < -0.4 is 5.32 Å². The van der Waals surface area contributed by atoms with Crippen LogP contribution in [0.4, 0.5) is 4.39 Å². The van der Waals surface area contributed by atoms with Gasteiger partial charge < -0.3 is 5.32 Å². The summed E-state index contributed by atoms with van der Waals surface area (Å²) in [6, 6.07) is 7.51. The van der Waals surface area contributed by atoms with Crippen LogP contribution in [0.3, 0.4) is 0 Å². The predicted octanol–water partition coefficient (Wildman–Crippen LogP) is 5.20. The smallest absolute Gasteiger partial charge is 0.126 e. The zero-order chi connectivity index (χ0) is 15.9. The van der Waals surface area contributed by atoms with Crippen LogP contribution >= 0.6 is 0 Å². The molecule has 0 saturated heterocycles. The molecule has 0 heterocycles. The molecule has 0 aliphatic heterocycles. The molecule has 0 aromatic heterocycles. The Hall–Kier alpha value is -0.890. The third-order valence-corrected chi connectivity index (χ3v) is 3.75. The molecule has 0 amide bonds. The third-order valence-electron chi connectivity index (χ3n) is 3.75.